The van der Waals surface area contributed by atoms with Crippen LogP contribution in [0.3, 0.4) is 0 Å². The standard InChI is InChI=1S/C15H18N2O3/c1-9-4-3-7-15(8-9)14(20)16-12-10(13(18)19)5-2-6-11(12)17-15/h2,5-6,9,17H,3-4,7-8H2,1H3,(H,16,20)(H,18,19). The normalized spacial score (nSPS) is 28.4. The van der Waals surface area contributed by atoms with Crippen LogP contribution in [0.15, 0.2) is 18.2 Å². The molecule has 0 aromatic heterocycles. The van der Waals surface area contributed by atoms with Crippen LogP contribution in [-0.2, 0) is 4.79 Å². The van der Waals surface area contributed by atoms with Crippen molar-refractivity contribution in [3.05, 3.63) is 23.8 Å². The lowest BCUT2D eigenvalue weighted by Crippen LogP contribution is -2.55. The van der Waals surface area contributed by atoms with Crippen LogP contribution >= 0.6 is 0 Å². The molecule has 20 heavy (non-hydrogen) atoms. The summed E-state index contributed by atoms with van der Waals surface area (Å²) < 4.78 is 0. The second-order valence-electron chi connectivity index (χ2n) is 5.90. The van der Waals surface area contributed by atoms with Crippen molar-refractivity contribution >= 4 is 23.3 Å². The van der Waals surface area contributed by atoms with Crippen molar-refractivity contribution in [2.75, 3.05) is 10.6 Å². The highest BCUT2D eigenvalue weighted by molar-refractivity contribution is 6.11. The van der Waals surface area contributed by atoms with Gasteiger partial charge in [0.1, 0.15) is 5.54 Å². The van der Waals surface area contributed by atoms with Crippen LogP contribution in [0.5, 0.6) is 0 Å². The number of amides is 1. The molecule has 1 saturated carbocycles. The van der Waals surface area contributed by atoms with Crippen LogP contribution in [-0.4, -0.2) is 22.5 Å². The largest absolute Gasteiger partial charge is 0.478 e. The van der Waals surface area contributed by atoms with Crippen molar-refractivity contribution < 1.29 is 14.7 Å². The van der Waals surface area contributed by atoms with Gasteiger partial charge in [-0.25, -0.2) is 4.79 Å². The van der Waals surface area contributed by atoms with Crippen LogP contribution in [0, 0.1) is 5.92 Å². The molecule has 2 atom stereocenters. The smallest absolute Gasteiger partial charge is 0.337 e. The summed E-state index contributed by atoms with van der Waals surface area (Å²) in [7, 11) is 0. The molecule has 2 unspecified atom stereocenters. The number of rotatable bonds is 1. The molecule has 0 radical (unpaired) electrons. The molecule has 1 spiro atoms. The lowest BCUT2D eigenvalue weighted by molar-refractivity contribution is -0.122. The summed E-state index contributed by atoms with van der Waals surface area (Å²) in [5, 5.41) is 15.3. The van der Waals surface area contributed by atoms with E-state index in [9.17, 15) is 14.7 Å². The highest BCUT2D eigenvalue weighted by Gasteiger charge is 2.45. The van der Waals surface area contributed by atoms with Crippen LogP contribution in [0.4, 0.5) is 11.4 Å². The fourth-order valence-corrected chi connectivity index (χ4v) is 3.39. The van der Waals surface area contributed by atoms with Gasteiger partial charge in [0.25, 0.3) is 0 Å². The topological polar surface area (TPSA) is 78.4 Å². The Morgan fingerprint density at radius 2 is 2.25 bits per heavy atom. The molecule has 0 bridgehead atoms. The fourth-order valence-electron chi connectivity index (χ4n) is 3.39. The zero-order valence-corrected chi connectivity index (χ0v) is 11.4. The summed E-state index contributed by atoms with van der Waals surface area (Å²) in [6, 6.07) is 5.03. The monoisotopic (exact) mass is 274 g/mol. The summed E-state index contributed by atoms with van der Waals surface area (Å²) in [5.74, 6) is -0.645. The fraction of sp³-hybridized carbons (Fsp3) is 0.467. The second-order valence-corrected chi connectivity index (χ2v) is 5.90. The maximum Gasteiger partial charge on any atom is 0.337 e. The Labute approximate surface area is 117 Å². The predicted molar refractivity (Wildman–Crippen MR) is 76.0 cm³/mol. The zero-order chi connectivity index (χ0) is 14.3. The summed E-state index contributed by atoms with van der Waals surface area (Å²) in [6.45, 7) is 2.15. The van der Waals surface area contributed by atoms with Gasteiger partial charge >= 0.3 is 5.97 Å². The third-order valence-corrected chi connectivity index (χ3v) is 4.34. The minimum atomic E-state index is -1.03. The molecule has 1 heterocycles. The van der Waals surface area contributed by atoms with E-state index in [0.29, 0.717) is 17.3 Å². The number of carboxylic acid groups (broad SMARTS) is 1. The molecule has 5 nitrogen and oxygen atoms in total. The molecule has 2 aliphatic rings. The first-order valence-electron chi connectivity index (χ1n) is 6.98. The van der Waals surface area contributed by atoms with E-state index in [2.05, 4.69) is 17.6 Å². The van der Waals surface area contributed by atoms with Crippen molar-refractivity contribution in [2.24, 2.45) is 5.92 Å². The van der Waals surface area contributed by atoms with Crippen molar-refractivity contribution in [1.29, 1.82) is 0 Å². The average Bonchev–Trinajstić information content (AvgIpc) is 2.39. The SMILES string of the molecule is CC1CCCC2(C1)Nc1cccc(C(=O)O)c1NC2=O. The van der Waals surface area contributed by atoms with Gasteiger partial charge in [-0.3, -0.25) is 4.79 Å². The summed E-state index contributed by atoms with van der Waals surface area (Å²) in [5.41, 5.74) is 0.636. The Bertz CT molecular complexity index is 584. The number of hydrogen-bond donors (Lipinski definition) is 3. The molecular weight excluding hydrogens is 256 g/mol. The lowest BCUT2D eigenvalue weighted by atomic mass is 9.74. The molecular formula is C15H18N2O3. The molecule has 3 N–H and O–H groups in total. The van der Waals surface area contributed by atoms with Crippen LogP contribution in [0.2, 0.25) is 0 Å². The first-order chi connectivity index (χ1) is 9.52. The number of nitrogens with one attached hydrogen (secondary N) is 2. The second kappa shape index (κ2) is 4.51. The number of aromatic carboxylic acids is 1. The highest BCUT2D eigenvalue weighted by atomic mass is 16.4. The number of carbonyl (C=O) groups excluding carboxylic acids is 1. The minimum Gasteiger partial charge on any atom is -0.478 e. The zero-order valence-electron chi connectivity index (χ0n) is 11.4. The lowest BCUT2D eigenvalue weighted by Gasteiger charge is -2.43. The first-order valence-corrected chi connectivity index (χ1v) is 6.98. The van der Waals surface area contributed by atoms with Gasteiger partial charge in [-0.05, 0) is 30.9 Å². The quantitative estimate of drug-likeness (QED) is 0.735. The molecule has 5 heteroatoms. The van der Waals surface area contributed by atoms with Crippen molar-refractivity contribution in [3.63, 3.8) is 0 Å². The number of anilines is 2. The highest BCUT2D eigenvalue weighted by Crippen LogP contribution is 2.41. The van der Waals surface area contributed by atoms with Gasteiger partial charge in [-0.15, -0.1) is 0 Å². The Morgan fingerprint density at radius 1 is 1.45 bits per heavy atom. The third kappa shape index (κ3) is 1.94. The van der Waals surface area contributed by atoms with Gasteiger partial charge in [0, 0.05) is 0 Å². The van der Waals surface area contributed by atoms with Gasteiger partial charge in [0.15, 0.2) is 0 Å². The van der Waals surface area contributed by atoms with E-state index in [0.717, 1.165) is 25.7 Å². The van der Waals surface area contributed by atoms with E-state index in [4.69, 9.17) is 0 Å². The van der Waals surface area contributed by atoms with E-state index in [1.807, 2.05) is 6.07 Å². The van der Waals surface area contributed by atoms with E-state index in [1.165, 1.54) is 6.07 Å². The maximum absolute atomic E-state index is 12.5. The van der Waals surface area contributed by atoms with Crippen LogP contribution < -0.4 is 10.6 Å². The molecule has 1 aliphatic carbocycles. The van der Waals surface area contributed by atoms with Crippen molar-refractivity contribution in [2.45, 2.75) is 38.1 Å². The van der Waals surface area contributed by atoms with Gasteiger partial charge < -0.3 is 15.7 Å². The molecule has 0 saturated heterocycles. The molecule has 1 fully saturated rings. The van der Waals surface area contributed by atoms with Crippen LogP contribution in [0.1, 0.15) is 43.0 Å². The Balaban J connectivity index is 2.01. The Morgan fingerprint density at radius 3 is 2.95 bits per heavy atom. The van der Waals surface area contributed by atoms with E-state index in [1.54, 1.807) is 6.07 Å². The number of carbonyl (C=O) groups is 2. The van der Waals surface area contributed by atoms with Gasteiger partial charge in [-0.1, -0.05) is 25.8 Å². The van der Waals surface area contributed by atoms with E-state index >= 15 is 0 Å². The molecule has 1 amide bonds. The molecule has 3 rings (SSSR count). The van der Waals surface area contributed by atoms with Gasteiger partial charge in [0.2, 0.25) is 5.91 Å². The number of fused-ring (bicyclic) bond motifs is 1. The van der Waals surface area contributed by atoms with Gasteiger partial charge in [0.05, 0.1) is 16.9 Å². The average molecular weight is 274 g/mol. The Hall–Kier alpha value is -2.04. The number of para-hydroxylation sites is 1. The predicted octanol–water partition coefficient (Wildman–Crippen LogP) is 2.70. The number of carboxylic acids is 1. The molecule has 1 aromatic carbocycles. The van der Waals surface area contributed by atoms with Crippen LogP contribution in [0.25, 0.3) is 0 Å². The number of benzene rings is 1. The summed E-state index contributed by atoms with van der Waals surface area (Å²) in [6.07, 6.45) is 3.73. The third-order valence-electron chi connectivity index (χ3n) is 4.34. The molecule has 1 aliphatic heterocycles. The molecule has 1 aromatic rings. The Kier molecular flexibility index (Phi) is 2.92. The maximum atomic E-state index is 12.5. The van der Waals surface area contributed by atoms with E-state index in [-0.39, 0.29) is 11.5 Å². The minimum absolute atomic E-state index is 0.106. The summed E-state index contributed by atoms with van der Waals surface area (Å²) >= 11 is 0. The summed E-state index contributed by atoms with van der Waals surface area (Å²) in [4.78, 5) is 23.7. The first kappa shape index (κ1) is 13.0. The van der Waals surface area contributed by atoms with Crippen molar-refractivity contribution in [3.8, 4) is 0 Å². The number of hydrogen-bond acceptors (Lipinski definition) is 3. The van der Waals surface area contributed by atoms with Crippen molar-refractivity contribution in [1.82, 2.24) is 0 Å². The molecule has 106 valence electrons. The van der Waals surface area contributed by atoms with Gasteiger partial charge in [-0.2, -0.15) is 0 Å². The van der Waals surface area contributed by atoms with E-state index < -0.39 is 11.5 Å².